The Morgan fingerprint density at radius 2 is 1.47 bits per heavy atom. The first-order chi connectivity index (χ1) is 7.91. The van der Waals surface area contributed by atoms with Crippen LogP contribution in [0, 0.1) is 20.8 Å². The molecule has 0 amide bonds. The van der Waals surface area contributed by atoms with Crippen LogP contribution in [0.2, 0.25) is 0 Å². The molecule has 0 saturated heterocycles. The predicted molar refractivity (Wildman–Crippen MR) is 76.5 cm³/mol. The fourth-order valence-corrected chi connectivity index (χ4v) is 2.29. The van der Waals surface area contributed by atoms with Gasteiger partial charge in [0.15, 0.2) is 0 Å². The second kappa shape index (κ2) is 5.68. The molecule has 0 unspecified atom stereocenters. The van der Waals surface area contributed by atoms with Crippen molar-refractivity contribution in [3.8, 4) is 0 Å². The van der Waals surface area contributed by atoms with Gasteiger partial charge >= 0.3 is 0 Å². The first-order valence-electron chi connectivity index (χ1n) is 6.73. The van der Waals surface area contributed by atoms with Gasteiger partial charge in [-0.25, -0.2) is 0 Å². The van der Waals surface area contributed by atoms with Crippen molar-refractivity contribution in [1.82, 2.24) is 5.32 Å². The second-order valence-corrected chi connectivity index (χ2v) is 5.50. The van der Waals surface area contributed by atoms with Crippen molar-refractivity contribution < 1.29 is 0 Å². The molecule has 0 aliphatic carbocycles. The molecule has 1 aromatic carbocycles. The SMILES string of the molecule is CCC(C)(CC)NCc1c(C)cc(C)cc1C. The Hall–Kier alpha value is -0.820. The highest BCUT2D eigenvalue weighted by atomic mass is 15.0. The van der Waals surface area contributed by atoms with Gasteiger partial charge in [0.05, 0.1) is 0 Å². The lowest BCUT2D eigenvalue weighted by molar-refractivity contribution is 0.329. The Bertz CT molecular complexity index is 352. The lowest BCUT2D eigenvalue weighted by Crippen LogP contribution is -2.40. The summed E-state index contributed by atoms with van der Waals surface area (Å²) in [6.07, 6.45) is 2.35. The minimum absolute atomic E-state index is 0.268. The van der Waals surface area contributed by atoms with Crippen LogP contribution in [-0.2, 0) is 6.54 Å². The Kier molecular flexibility index (Phi) is 4.76. The number of hydrogen-bond acceptors (Lipinski definition) is 1. The molecule has 1 heteroatoms. The molecule has 1 aromatic rings. The molecule has 0 atom stereocenters. The fraction of sp³-hybridized carbons (Fsp3) is 0.625. The van der Waals surface area contributed by atoms with Crippen molar-refractivity contribution in [2.75, 3.05) is 0 Å². The fourth-order valence-electron chi connectivity index (χ4n) is 2.29. The molecular formula is C16H27N. The molecule has 0 aliphatic rings. The van der Waals surface area contributed by atoms with Gasteiger partial charge in [0, 0.05) is 12.1 Å². The molecule has 0 fully saturated rings. The van der Waals surface area contributed by atoms with Crippen LogP contribution in [0.25, 0.3) is 0 Å². The lowest BCUT2D eigenvalue weighted by Gasteiger charge is -2.29. The van der Waals surface area contributed by atoms with Gasteiger partial charge in [-0.1, -0.05) is 31.5 Å². The minimum Gasteiger partial charge on any atom is -0.307 e. The summed E-state index contributed by atoms with van der Waals surface area (Å²) in [5.41, 5.74) is 5.90. The minimum atomic E-state index is 0.268. The Balaban J connectivity index is 2.83. The van der Waals surface area contributed by atoms with E-state index in [-0.39, 0.29) is 5.54 Å². The summed E-state index contributed by atoms with van der Waals surface area (Å²) in [5.74, 6) is 0. The van der Waals surface area contributed by atoms with E-state index in [0.717, 1.165) is 6.54 Å². The maximum absolute atomic E-state index is 3.71. The Morgan fingerprint density at radius 3 is 1.88 bits per heavy atom. The maximum Gasteiger partial charge on any atom is 0.0215 e. The zero-order chi connectivity index (χ0) is 13.1. The third kappa shape index (κ3) is 3.57. The highest BCUT2D eigenvalue weighted by Gasteiger charge is 2.18. The van der Waals surface area contributed by atoms with Crippen LogP contribution >= 0.6 is 0 Å². The molecule has 0 heterocycles. The van der Waals surface area contributed by atoms with Gasteiger partial charge in [0.2, 0.25) is 0 Å². The molecule has 1 rings (SSSR count). The molecule has 1 nitrogen and oxygen atoms in total. The van der Waals surface area contributed by atoms with Gasteiger partial charge in [-0.15, -0.1) is 0 Å². The summed E-state index contributed by atoms with van der Waals surface area (Å²) in [6, 6.07) is 4.55. The van der Waals surface area contributed by atoms with E-state index in [1.807, 2.05) is 0 Å². The molecule has 0 bridgehead atoms. The molecular weight excluding hydrogens is 206 g/mol. The highest BCUT2D eigenvalue weighted by molar-refractivity contribution is 5.37. The van der Waals surface area contributed by atoms with E-state index in [4.69, 9.17) is 0 Å². The third-order valence-corrected chi connectivity index (χ3v) is 4.09. The third-order valence-electron chi connectivity index (χ3n) is 4.09. The topological polar surface area (TPSA) is 12.0 Å². The zero-order valence-corrected chi connectivity index (χ0v) is 12.3. The average molecular weight is 233 g/mol. The van der Waals surface area contributed by atoms with Crippen LogP contribution in [0.4, 0.5) is 0 Å². The second-order valence-electron chi connectivity index (χ2n) is 5.50. The smallest absolute Gasteiger partial charge is 0.0215 e. The molecule has 0 aromatic heterocycles. The van der Waals surface area contributed by atoms with E-state index >= 15 is 0 Å². The molecule has 17 heavy (non-hydrogen) atoms. The van der Waals surface area contributed by atoms with Crippen molar-refractivity contribution in [2.45, 2.75) is 66.5 Å². The standard InChI is InChI=1S/C16H27N/c1-7-16(6,8-2)17-11-15-13(4)9-12(3)10-14(15)5/h9-10,17H,7-8,11H2,1-6H3. The molecule has 0 saturated carbocycles. The van der Waals surface area contributed by atoms with Gasteiger partial charge in [-0.3, -0.25) is 0 Å². The maximum atomic E-state index is 3.71. The van der Waals surface area contributed by atoms with Crippen LogP contribution in [-0.4, -0.2) is 5.54 Å². The Morgan fingerprint density at radius 1 is 1.00 bits per heavy atom. The quantitative estimate of drug-likeness (QED) is 0.800. The van der Waals surface area contributed by atoms with Gasteiger partial charge < -0.3 is 5.32 Å². The molecule has 1 N–H and O–H groups in total. The van der Waals surface area contributed by atoms with Crippen molar-refractivity contribution in [1.29, 1.82) is 0 Å². The van der Waals surface area contributed by atoms with Crippen LogP contribution in [0.1, 0.15) is 55.9 Å². The van der Waals surface area contributed by atoms with E-state index in [1.54, 1.807) is 0 Å². The largest absolute Gasteiger partial charge is 0.307 e. The summed E-state index contributed by atoms with van der Waals surface area (Å²) >= 11 is 0. The average Bonchev–Trinajstić information content (AvgIpc) is 2.27. The number of nitrogens with one attached hydrogen (secondary N) is 1. The van der Waals surface area contributed by atoms with Crippen molar-refractivity contribution in [3.05, 3.63) is 34.4 Å². The van der Waals surface area contributed by atoms with E-state index < -0.39 is 0 Å². The van der Waals surface area contributed by atoms with Gasteiger partial charge in [-0.05, 0) is 57.2 Å². The Labute approximate surface area is 107 Å². The molecule has 0 spiro atoms. The molecule has 0 radical (unpaired) electrons. The predicted octanol–water partition coefficient (Wildman–Crippen LogP) is 4.28. The molecule has 0 aliphatic heterocycles. The van der Waals surface area contributed by atoms with Crippen LogP contribution < -0.4 is 5.32 Å². The van der Waals surface area contributed by atoms with Crippen LogP contribution in [0.3, 0.4) is 0 Å². The van der Waals surface area contributed by atoms with Crippen LogP contribution in [0.15, 0.2) is 12.1 Å². The van der Waals surface area contributed by atoms with Crippen molar-refractivity contribution >= 4 is 0 Å². The zero-order valence-electron chi connectivity index (χ0n) is 12.3. The monoisotopic (exact) mass is 233 g/mol. The van der Waals surface area contributed by atoms with E-state index in [1.165, 1.54) is 35.1 Å². The summed E-state index contributed by atoms with van der Waals surface area (Å²) in [4.78, 5) is 0. The first kappa shape index (κ1) is 14.2. The van der Waals surface area contributed by atoms with Gasteiger partial charge in [-0.2, -0.15) is 0 Å². The summed E-state index contributed by atoms with van der Waals surface area (Å²) < 4.78 is 0. The van der Waals surface area contributed by atoms with Crippen molar-refractivity contribution in [3.63, 3.8) is 0 Å². The molecule has 96 valence electrons. The highest BCUT2D eigenvalue weighted by Crippen LogP contribution is 2.19. The lowest BCUT2D eigenvalue weighted by atomic mass is 9.93. The van der Waals surface area contributed by atoms with Gasteiger partial charge in [0.25, 0.3) is 0 Å². The summed E-state index contributed by atoms with van der Waals surface area (Å²) in [5, 5.41) is 3.71. The number of aryl methyl sites for hydroxylation is 3. The summed E-state index contributed by atoms with van der Waals surface area (Å²) in [6.45, 7) is 14.4. The van der Waals surface area contributed by atoms with Crippen molar-refractivity contribution in [2.24, 2.45) is 0 Å². The number of rotatable bonds is 5. The first-order valence-corrected chi connectivity index (χ1v) is 6.73. The van der Waals surface area contributed by atoms with E-state index in [2.05, 4.69) is 59.0 Å². The number of benzene rings is 1. The van der Waals surface area contributed by atoms with Gasteiger partial charge in [0.1, 0.15) is 0 Å². The van der Waals surface area contributed by atoms with E-state index in [0.29, 0.717) is 0 Å². The normalized spacial score (nSPS) is 11.9. The summed E-state index contributed by atoms with van der Waals surface area (Å²) in [7, 11) is 0. The number of hydrogen-bond donors (Lipinski definition) is 1. The van der Waals surface area contributed by atoms with E-state index in [9.17, 15) is 0 Å². The van der Waals surface area contributed by atoms with Crippen LogP contribution in [0.5, 0.6) is 0 Å².